The number of carbonyl (C=O) groups excluding carboxylic acids is 2. The Morgan fingerprint density at radius 1 is 0.582 bits per heavy atom. The van der Waals surface area contributed by atoms with Crippen LogP contribution in [0.1, 0.15) is 155 Å². The summed E-state index contributed by atoms with van der Waals surface area (Å²) in [5.41, 5.74) is 0. The molecule has 1 amide bonds. The number of hydrogen-bond donors (Lipinski definition) is 3. The van der Waals surface area contributed by atoms with Crippen molar-refractivity contribution in [3.8, 4) is 0 Å². The van der Waals surface area contributed by atoms with Crippen LogP contribution in [0, 0.1) is 0 Å². The minimum atomic E-state index is -4.43. The van der Waals surface area contributed by atoms with Crippen molar-refractivity contribution in [1.29, 1.82) is 0 Å². The van der Waals surface area contributed by atoms with Gasteiger partial charge in [0.15, 0.2) is 0 Å². The first-order valence-corrected chi connectivity index (χ1v) is 22.6. The highest BCUT2D eigenvalue weighted by molar-refractivity contribution is 7.47. The van der Waals surface area contributed by atoms with Crippen LogP contribution in [-0.4, -0.2) is 54.3 Å². The molecule has 0 aliphatic rings. The predicted molar refractivity (Wildman–Crippen MR) is 229 cm³/mol. The third kappa shape index (κ3) is 42.2. The van der Waals surface area contributed by atoms with Gasteiger partial charge in [0, 0.05) is 19.4 Å². The van der Waals surface area contributed by atoms with E-state index >= 15 is 0 Å². The quantitative estimate of drug-likeness (QED) is 0.0244. The van der Waals surface area contributed by atoms with Crippen LogP contribution in [0.15, 0.2) is 85.1 Å². The van der Waals surface area contributed by atoms with Crippen LogP contribution >= 0.6 is 7.82 Å². The zero-order valence-corrected chi connectivity index (χ0v) is 35.2. The molecule has 0 heterocycles. The fourth-order valence-electron chi connectivity index (χ4n) is 5.14. The fraction of sp³-hybridized carbons (Fsp3) is 0.644. The van der Waals surface area contributed by atoms with Crippen molar-refractivity contribution in [3.63, 3.8) is 0 Å². The Morgan fingerprint density at radius 2 is 1.04 bits per heavy atom. The van der Waals surface area contributed by atoms with Crippen LogP contribution in [0.25, 0.3) is 0 Å². The molecule has 3 N–H and O–H groups in total. The van der Waals surface area contributed by atoms with E-state index in [0.717, 1.165) is 96.3 Å². The predicted octanol–water partition coefficient (Wildman–Crippen LogP) is 11.7. The summed E-state index contributed by atoms with van der Waals surface area (Å²) in [5, 5.41) is 12.6. The van der Waals surface area contributed by atoms with Crippen LogP contribution in [0.5, 0.6) is 0 Å². The van der Waals surface area contributed by atoms with Crippen LogP contribution < -0.4 is 5.32 Å². The van der Waals surface area contributed by atoms with E-state index in [1.54, 1.807) is 0 Å². The summed E-state index contributed by atoms with van der Waals surface area (Å²) in [4.78, 5) is 33.8. The van der Waals surface area contributed by atoms with Gasteiger partial charge in [0.25, 0.3) is 0 Å². The number of rotatable bonds is 38. The smallest absolute Gasteiger partial charge is 0.463 e. The second kappa shape index (κ2) is 40.8. The molecule has 0 aromatic carbocycles. The average Bonchev–Trinajstić information content (AvgIpc) is 3.17. The maximum Gasteiger partial charge on any atom is 0.472 e. The second-order valence-electron chi connectivity index (χ2n) is 13.6. The molecule has 0 bridgehead atoms. The van der Waals surface area contributed by atoms with Crippen molar-refractivity contribution >= 4 is 19.7 Å². The van der Waals surface area contributed by atoms with Gasteiger partial charge in [0.2, 0.25) is 5.91 Å². The van der Waals surface area contributed by atoms with Gasteiger partial charge < -0.3 is 20.1 Å². The monoisotopic (exact) mass is 790 g/mol. The highest BCUT2D eigenvalue weighted by Gasteiger charge is 2.23. The van der Waals surface area contributed by atoms with Crippen molar-refractivity contribution in [3.05, 3.63) is 85.1 Å². The summed E-state index contributed by atoms with van der Waals surface area (Å²) in [5.74, 6) is -0.577. The van der Waals surface area contributed by atoms with Gasteiger partial charge >= 0.3 is 13.8 Å². The molecule has 314 valence electrons. The number of allylic oxidation sites excluding steroid dienone is 14. The van der Waals surface area contributed by atoms with Crippen LogP contribution in [-0.2, 0) is 27.9 Å². The van der Waals surface area contributed by atoms with Crippen molar-refractivity contribution in [2.45, 2.75) is 161 Å². The SMILES string of the molecule is CC/C=C\C/C=C\C/C=C\C/C=C\C/C=C\C/C=C\CCCCC(=O)NCCOP(=O)(O)OCC(O)COC(=O)CCCCCCC/C=C\CCCCCC. The zero-order chi connectivity index (χ0) is 40.3. The molecule has 2 atom stereocenters. The number of esters is 1. The molecule has 0 radical (unpaired) electrons. The first-order chi connectivity index (χ1) is 26.8. The van der Waals surface area contributed by atoms with Gasteiger partial charge in [-0.05, 0) is 89.9 Å². The number of unbranched alkanes of at least 4 members (excludes halogenated alkanes) is 11. The van der Waals surface area contributed by atoms with E-state index < -0.39 is 26.5 Å². The number of aliphatic hydroxyl groups excluding tert-OH is 1. The molecule has 0 rings (SSSR count). The third-order valence-electron chi connectivity index (χ3n) is 8.31. The lowest BCUT2D eigenvalue weighted by atomic mass is 10.1. The average molecular weight is 790 g/mol. The molecule has 0 aromatic heterocycles. The number of amides is 1. The summed E-state index contributed by atoms with van der Waals surface area (Å²) in [6.07, 6.45) is 50.9. The van der Waals surface area contributed by atoms with Gasteiger partial charge in [-0.3, -0.25) is 18.6 Å². The molecular formula is C45H76NO8P. The minimum Gasteiger partial charge on any atom is -0.463 e. The van der Waals surface area contributed by atoms with E-state index in [1.165, 1.54) is 32.1 Å². The summed E-state index contributed by atoms with van der Waals surface area (Å²) in [6.45, 7) is 3.33. The molecule has 0 spiro atoms. The number of carbonyl (C=O) groups is 2. The molecule has 9 nitrogen and oxygen atoms in total. The minimum absolute atomic E-state index is 0.0519. The Labute approximate surface area is 334 Å². The number of nitrogens with one attached hydrogen (secondary N) is 1. The van der Waals surface area contributed by atoms with E-state index in [1.807, 2.05) is 0 Å². The second-order valence-corrected chi connectivity index (χ2v) is 15.0. The molecule has 10 heteroatoms. The molecule has 55 heavy (non-hydrogen) atoms. The maximum absolute atomic E-state index is 12.1. The van der Waals surface area contributed by atoms with Crippen LogP contribution in [0.3, 0.4) is 0 Å². The van der Waals surface area contributed by atoms with E-state index in [0.29, 0.717) is 6.42 Å². The number of phosphoric acid groups is 1. The Hall–Kier alpha value is -2.81. The Bertz CT molecular complexity index is 1170. The number of ether oxygens (including phenoxy) is 1. The number of hydrogen-bond acceptors (Lipinski definition) is 7. The Balaban J connectivity index is 3.72. The summed E-state index contributed by atoms with van der Waals surface area (Å²) < 4.78 is 26.8. The van der Waals surface area contributed by atoms with Gasteiger partial charge in [-0.2, -0.15) is 0 Å². The molecule has 0 saturated heterocycles. The number of phosphoric ester groups is 1. The standard InChI is InChI=1S/C45H76NO8P/c1-3-5-7-9-11-13-15-17-18-19-20-21-22-23-24-26-27-29-31-33-35-37-44(48)46-39-40-53-55(50,51)54-42-43(47)41-52-45(49)38-36-34-32-30-28-25-16-14-12-10-8-6-4-2/h5,7,11,13-14,16-18,20-21,23-24,27,29,43,47H,3-4,6,8-10,12,15,19,22,25-26,28,30-42H2,1-2H3,(H,46,48)(H,50,51)/b7-5-,13-11-,16-14-,18-17-,21-20-,24-23-,29-27-. The highest BCUT2D eigenvalue weighted by Crippen LogP contribution is 2.42. The van der Waals surface area contributed by atoms with E-state index in [-0.39, 0.29) is 32.1 Å². The number of aliphatic hydroxyl groups is 1. The van der Waals surface area contributed by atoms with Crippen molar-refractivity contribution < 1.29 is 37.9 Å². The molecule has 2 unspecified atom stereocenters. The lowest BCUT2D eigenvalue weighted by Gasteiger charge is -2.15. The van der Waals surface area contributed by atoms with E-state index in [9.17, 15) is 24.2 Å². The van der Waals surface area contributed by atoms with Gasteiger partial charge in [0.1, 0.15) is 12.7 Å². The van der Waals surface area contributed by atoms with Crippen molar-refractivity contribution in [2.24, 2.45) is 0 Å². The molecule has 0 saturated carbocycles. The molecule has 0 aromatic rings. The first-order valence-electron chi connectivity index (χ1n) is 21.1. The largest absolute Gasteiger partial charge is 0.472 e. The molecule has 0 fully saturated rings. The lowest BCUT2D eigenvalue weighted by molar-refractivity contribution is -0.147. The maximum atomic E-state index is 12.1. The topological polar surface area (TPSA) is 131 Å². The Morgan fingerprint density at radius 3 is 1.60 bits per heavy atom. The van der Waals surface area contributed by atoms with E-state index in [2.05, 4.69) is 104 Å². The Kier molecular flexibility index (Phi) is 38.8. The summed E-state index contributed by atoms with van der Waals surface area (Å²) >= 11 is 0. The first kappa shape index (κ1) is 52.2. The van der Waals surface area contributed by atoms with E-state index in [4.69, 9.17) is 13.8 Å². The van der Waals surface area contributed by atoms with Crippen molar-refractivity contribution in [1.82, 2.24) is 5.32 Å². The lowest BCUT2D eigenvalue weighted by Crippen LogP contribution is -2.27. The fourth-order valence-corrected chi connectivity index (χ4v) is 5.90. The van der Waals surface area contributed by atoms with Crippen LogP contribution in [0.4, 0.5) is 0 Å². The summed E-state index contributed by atoms with van der Waals surface area (Å²) in [6, 6.07) is 0. The molecule has 0 aliphatic carbocycles. The normalized spacial score (nSPS) is 14.2. The third-order valence-corrected chi connectivity index (χ3v) is 9.29. The van der Waals surface area contributed by atoms with Gasteiger partial charge in [-0.1, -0.05) is 137 Å². The van der Waals surface area contributed by atoms with Gasteiger partial charge in [-0.25, -0.2) is 4.57 Å². The molecular weight excluding hydrogens is 713 g/mol. The van der Waals surface area contributed by atoms with Gasteiger partial charge in [-0.15, -0.1) is 0 Å². The van der Waals surface area contributed by atoms with Crippen molar-refractivity contribution in [2.75, 3.05) is 26.4 Å². The zero-order valence-electron chi connectivity index (χ0n) is 34.3. The van der Waals surface area contributed by atoms with Gasteiger partial charge in [0.05, 0.1) is 13.2 Å². The highest BCUT2D eigenvalue weighted by atomic mass is 31.2. The molecule has 0 aliphatic heterocycles. The summed E-state index contributed by atoms with van der Waals surface area (Å²) in [7, 11) is -4.43. The van der Waals surface area contributed by atoms with Crippen LogP contribution in [0.2, 0.25) is 0 Å².